The molecular weight excluding hydrogens is 358 g/mol. The Morgan fingerprint density at radius 2 is 1.89 bits per heavy atom. The molecule has 0 bridgehead atoms. The fourth-order valence-electron chi connectivity index (χ4n) is 3.38. The summed E-state index contributed by atoms with van der Waals surface area (Å²) in [6, 6.07) is 12.3. The molecule has 0 saturated carbocycles. The van der Waals surface area contributed by atoms with E-state index in [0.717, 1.165) is 42.2 Å². The molecule has 7 heteroatoms. The number of anilines is 1. The highest BCUT2D eigenvalue weighted by Gasteiger charge is 2.16. The zero-order valence-corrected chi connectivity index (χ0v) is 16.4. The second kappa shape index (κ2) is 8.54. The van der Waals surface area contributed by atoms with E-state index in [-0.39, 0.29) is 0 Å². The molecule has 1 N–H and O–H groups in total. The molecule has 0 amide bonds. The predicted molar refractivity (Wildman–Crippen MR) is 109 cm³/mol. The van der Waals surface area contributed by atoms with Gasteiger partial charge in [-0.15, -0.1) is 10.2 Å². The number of aromatic nitrogens is 3. The number of methoxy groups -OCH3 is 1. The largest absolute Gasteiger partial charge is 0.497 e. The van der Waals surface area contributed by atoms with Crippen molar-refractivity contribution in [3.63, 3.8) is 0 Å². The number of piperidine rings is 1. The number of nitrogens with zero attached hydrogens (tertiary/aromatic N) is 4. The molecule has 4 rings (SSSR count). The smallest absolute Gasteiger partial charge is 0.218 e. The molecular formula is C20H25N5OS. The molecule has 6 nitrogen and oxygen atoms in total. The number of ether oxygens (including phenoxy) is 1. The van der Waals surface area contributed by atoms with E-state index in [0.29, 0.717) is 0 Å². The van der Waals surface area contributed by atoms with Crippen LogP contribution in [0.2, 0.25) is 0 Å². The standard InChI is InChI=1S/C20H25N5OS/c1-26-18-9-5-7-16(13-18)14-21-15-17-8-6-12-25(17)20-23-22-19(27-20)24-10-3-2-4-11-24/h5-9,12-13,21H,2-4,10-11,14-15H2,1H3. The van der Waals surface area contributed by atoms with Crippen LogP contribution in [-0.2, 0) is 13.1 Å². The molecule has 0 radical (unpaired) electrons. The van der Waals surface area contributed by atoms with Crippen LogP contribution in [0.1, 0.15) is 30.5 Å². The van der Waals surface area contributed by atoms with Crippen molar-refractivity contribution in [1.82, 2.24) is 20.1 Å². The number of nitrogens with one attached hydrogen (secondary N) is 1. The van der Waals surface area contributed by atoms with Gasteiger partial charge in [0.15, 0.2) is 0 Å². The van der Waals surface area contributed by atoms with Gasteiger partial charge in [0.1, 0.15) is 5.75 Å². The lowest BCUT2D eigenvalue weighted by Gasteiger charge is -2.25. The highest BCUT2D eigenvalue weighted by Crippen LogP contribution is 2.26. The molecule has 1 aliphatic heterocycles. The van der Waals surface area contributed by atoms with E-state index in [2.05, 4.69) is 55.4 Å². The third kappa shape index (κ3) is 4.31. The second-order valence-corrected chi connectivity index (χ2v) is 7.67. The Morgan fingerprint density at radius 3 is 2.74 bits per heavy atom. The minimum Gasteiger partial charge on any atom is -0.497 e. The predicted octanol–water partition coefficient (Wildman–Crippen LogP) is 3.62. The van der Waals surface area contributed by atoms with E-state index < -0.39 is 0 Å². The Morgan fingerprint density at radius 1 is 1.04 bits per heavy atom. The zero-order chi connectivity index (χ0) is 18.5. The Kier molecular flexibility index (Phi) is 5.69. The van der Waals surface area contributed by atoms with E-state index in [9.17, 15) is 0 Å². The van der Waals surface area contributed by atoms with Gasteiger partial charge in [-0.3, -0.25) is 4.57 Å². The van der Waals surface area contributed by atoms with Gasteiger partial charge in [-0.1, -0.05) is 23.5 Å². The summed E-state index contributed by atoms with van der Waals surface area (Å²) in [4.78, 5) is 2.36. The van der Waals surface area contributed by atoms with Crippen molar-refractivity contribution in [2.45, 2.75) is 32.4 Å². The van der Waals surface area contributed by atoms with Gasteiger partial charge in [0, 0.05) is 38.1 Å². The summed E-state index contributed by atoms with van der Waals surface area (Å²) in [6.07, 6.45) is 5.88. The first-order chi connectivity index (χ1) is 13.3. The van der Waals surface area contributed by atoms with Crippen LogP contribution in [0.4, 0.5) is 5.13 Å². The summed E-state index contributed by atoms with van der Waals surface area (Å²) in [7, 11) is 1.69. The molecule has 0 aliphatic carbocycles. The lowest BCUT2D eigenvalue weighted by atomic mass is 10.1. The van der Waals surface area contributed by atoms with Gasteiger partial charge >= 0.3 is 0 Å². The van der Waals surface area contributed by atoms with Crippen LogP contribution in [-0.4, -0.2) is 35.0 Å². The third-order valence-corrected chi connectivity index (χ3v) is 5.82. The summed E-state index contributed by atoms with van der Waals surface area (Å²) >= 11 is 1.67. The number of hydrogen-bond donors (Lipinski definition) is 1. The minimum absolute atomic E-state index is 0.767. The van der Waals surface area contributed by atoms with Crippen molar-refractivity contribution in [3.8, 4) is 10.9 Å². The summed E-state index contributed by atoms with van der Waals surface area (Å²) in [5, 5.41) is 14.3. The Bertz CT molecular complexity index is 869. The first kappa shape index (κ1) is 18.0. The molecule has 0 spiro atoms. The molecule has 0 unspecified atom stereocenters. The van der Waals surface area contributed by atoms with Crippen molar-refractivity contribution >= 4 is 16.5 Å². The van der Waals surface area contributed by atoms with Crippen LogP contribution in [0.5, 0.6) is 5.75 Å². The molecule has 0 atom stereocenters. The first-order valence-corrected chi connectivity index (χ1v) is 10.2. The molecule has 142 valence electrons. The topological polar surface area (TPSA) is 55.2 Å². The van der Waals surface area contributed by atoms with Gasteiger partial charge in [-0.2, -0.15) is 0 Å². The van der Waals surface area contributed by atoms with Crippen molar-refractivity contribution in [2.24, 2.45) is 0 Å². The third-order valence-electron chi connectivity index (χ3n) is 4.84. The van der Waals surface area contributed by atoms with E-state index in [1.165, 1.54) is 30.5 Å². The monoisotopic (exact) mass is 383 g/mol. The zero-order valence-electron chi connectivity index (χ0n) is 15.6. The van der Waals surface area contributed by atoms with Gasteiger partial charge in [0.2, 0.25) is 10.3 Å². The minimum atomic E-state index is 0.767. The van der Waals surface area contributed by atoms with Crippen LogP contribution in [0.25, 0.3) is 5.13 Å². The first-order valence-electron chi connectivity index (χ1n) is 9.42. The number of benzene rings is 1. The Balaban J connectivity index is 1.40. The lowest BCUT2D eigenvalue weighted by molar-refractivity contribution is 0.414. The molecule has 1 fully saturated rings. The van der Waals surface area contributed by atoms with Gasteiger partial charge in [-0.05, 0) is 49.1 Å². The van der Waals surface area contributed by atoms with E-state index in [4.69, 9.17) is 4.74 Å². The van der Waals surface area contributed by atoms with Gasteiger partial charge in [0.05, 0.1) is 7.11 Å². The number of hydrogen-bond acceptors (Lipinski definition) is 6. The van der Waals surface area contributed by atoms with E-state index in [1.54, 1.807) is 18.4 Å². The van der Waals surface area contributed by atoms with Crippen LogP contribution in [0, 0.1) is 0 Å². The van der Waals surface area contributed by atoms with Crippen LogP contribution in [0.15, 0.2) is 42.6 Å². The fraction of sp³-hybridized carbons (Fsp3) is 0.400. The average molecular weight is 384 g/mol. The SMILES string of the molecule is COc1cccc(CNCc2cccn2-c2nnc(N3CCCCC3)s2)c1. The van der Waals surface area contributed by atoms with Crippen LogP contribution < -0.4 is 15.0 Å². The molecule has 3 aromatic rings. The van der Waals surface area contributed by atoms with Crippen LogP contribution >= 0.6 is 11.3 Å². The van der Waals surface area contributed by atoms with Crippen molar-refractivity contribution < 1.29 is 4.74 Å². The second-order valence-electron chi connectivity index (χ2n) is 6.74. The maximum absolute atomic E-state index is 5.29. The average Bonchev–Trinajstić information content (AvgIpc) is 3.38. The molecule has 2 aromatic heterocycles. The molecule has 1 saturated heterocycles. The quantitative estimate of drug-likeness (QED) is 0.675. The van der Waals surface area contributed by atoms with E-state index >= 15 is 0 Å². The van der Waals surface area contributed by atoms with Crippen molar-refractivity contribution in [2.75, 3.05) is 25.1 Å². The Labute approximate surface area is 163 Å². The fourth-order valence-corrected chi connectivity index (χ4v) is 4.30. The summed E-state index contributed by atoms with van der Waals surface area (Å²) in [5.41, 5.74) is 2.38. The summed E-state index contributed by atoms with van der Waals surface area (Å²) in [5.74, 6) is 0.886. The highest BCUT2D eigenvalue weighted by atomic mass is 32.1. The van der Waals surface area contributed by atoms with Gasteiger partial charge in [-0.25, -0.2) is 0 Å². The molecule has 1 aliphatic rings. The van der Waals surface area contributed by atoms with Crippen molar-refractivity contribution in [3.05, 3.63) is 53.9 Å². The van der Waals surface area contributed by atoms with Gasteiger partial charge in [0.25, 0.3) is 0 Å². The van der Waals surface area contributed by atoms with Crippen LogP contribution in [0.3, 0.4) is 0 Å². The Hall–Kier alpha value is -2.38. The number of rotatable bonds is 7. The summed E-state index contributed by atoms with van der Waals surface area (Å²) in [6.45, 7) is 3.74. The van der Waals surface area contributed by atoms with Gasteiger partial charge < -0.3 is 15.0 Å². The normalized spacial score (nSPS) is 14.5. The maximum Gasteiger partial charge on any atom is 0.218 e. The maximum atomic E-state index is 5.29. The lowest BCUT2D eigenvalue weighted by Crippen LogP contribution is -2.29. The molecule has 1 aromatic carbocycles. The van der Waals surface area contributed by atoms with Crippen molar-refractivity contribution in [1.29, 1.82) is 0 Å². The highest BCUT2D eigenvalue weighted by molar-refractivity contribution is 7.17. The summed E-state index contributed by atoms with van der Waals surface area (Å²) < 4.78 is 7.42. The molecule has 27 heavy (non-hydrogen) atoms. The molecule has 3 heterocycles. The van der Waals surface area contributed by atoms with E-state index in [1.807, 2.05) is 12.1 Å².